The molecule has 1 rings (SSSR count). The van der Waals surface area contributed by atoms with Crippen molar-refractivity contribution in [3.63, 3.8) is 0 Å². The first-order chi connectivity index (χ1) is 9.77. The van der Waals surface area contributed by atoms with Crippen LogP contribution in [0.15, 0.2) is 14.6 Å². The second-order valence-corrected chi connectivity index (χ2v) is 4.99. The molecule has 12 heteroatoms. The van der Waals surface area contributed by atoms with Gasteiger partial charge in [-0.15, -0.1) is 0 Å². The summed E-state index contributed by atoms with van der Waals surface area (Å²) in [4.78, 5) is 35.9. The van der Waals surface area contributed by atoms with Crippen molar-refractivity contribution >= 4 is 17.4 Å². The normalized spacial score (nSPS) is 15.4. The first-order valence-electron chi connectivity index (χ1n) is 5.56. The fourth-order valence-electron chi connectivity index (χ4n) is 1.36. The average Bonchev–Trinajstić information content (AvgIpc) is 2.41. The van der Waals surface area contributed by atoms with Crippen LogP contribution in [-0.4, -0.2) is 66.0 Å². The van der Waals surface area contributed by atoms with Gasteiger partial charge in [-0.05, 0) is 0 Å². The molecule has 21 heavy (non-hydrogen) atoms. The van der Waals surface area contributed by atoms with Crippen LogP contribution in [0.5, 0.6) is 0 Å². The van der Waals surface area contributed by atoms with E-state index in [2.05, 4.69) is 0 Å². The minimum absolute atomic E-state index is 0.363. The maximum atomic E-state index is 11.3. The lowest BCUT2D eigenvalue weighted by Crippen LogP contribution is -2.40. The van der Waals surface area contributed by atoms with E-state index in [4.69, 9.17) is 10.2 Å². The van der Waals surface area contributed by atoms with Gasteiger partial charge < -0.3 is 20.4 Å². The molecule has 11 nitrogen and oxygen atoms in total. The molecule has 0 aromatic carbocycles. The molecule has 0 fully saturated rings. The molecule has 0 radical (unpaired) electrons. The van der Waals surface area contributed by atoms with Gasteiger partial charge in [-0.1, -0.05) is 11.8 Å². The molecular formula is C9H13N3O8S. The summed E-state index contributed by atoms with van der Waals surface area (Å²) >= 11 is 0.548. The zero-order chi connectivity index (χ0) is 16.2. The quantitative estimate of drug-likeness (QED) is 0.133. The van der Waals surface area contributed by atoms with Crippen molar-refractivity contribution in [2.75, 3.05) is 12.4 Å². The molecule has 0 saturated carbocycles. The van der Waals surface area contributed by atoms with Crippen LogP contribution in [0, 0.1) is 10.1 Å². The second kappa shape index (κ2) is 7.33. The van der Waals surface area contributed by atoms with E-state index in [0.717, 1.165) is 0 Å². The fourth-order valence-corrected chi connectivity index (χ4v) is 2.36. The van der Waals surface area contributed by atoms with Crippen LogP contribution < -0.4 is 11.2 Å². The third-order valence-electron chi connectivity index (χ3n) is 2.44. The van der Waals surface area contributed by atoms with Crippen LogP contribution in [0.25, 0.3) is 0 Å². The molecule has 1 heterocycles. The van der Waals surface area contributed by atoms with Crippen LogP contribution in [0.3, 0.4) is 0 Å². The van der Waals surface area contributed by atoms with Gasteiger partial charge in [-0.3, -0.25) is 24.9 Å². The van der Waals surface area contributed by atoms with Gasteiger partial charge in [-0.25, -0.2) is 4.79 Å². The summed E-state index contributed by atoms with van der Waals surface area (Å²) in [6.07, 6.45) is -4.82. The molecule has 6 N–H and O–H groups in total. The largest absolute Gasteiger partial charge is 0.394 e. The Hall–Kier alpha value is -1.73. The Balaban J connectivity index is 2.92. The minimum atomic E-state index is -1.68. The van der Waals surface area contributed by atoms with Gasteiger partial charge in [0, 0.05) is 5.75 Å². The van der Waals surface area contributed by atoms with Crippen molar-refractivity contribution in [3.8, 4) is 0 Å². The number of rotatable bonds is 7. The first-order valence-corrected chi connectivity index (χ1v) is 6.55. The summed E-state index contributed by atoms with van der Waals surface area (Å²) < 4.78 is 0. The minimum Gasteiger partial charge on any atom is -0.394 e. The van der Waals surface area contributed by atoms with Crippen LogP contribution in [0.2, 0.25) is 0 Å². The second-order valence-electron chi connectivity index (χ2n) is 3.96. The van der Waals surface area contributed by atoms with Crippen LogP contribution in [0.1, 0.15) is 0 Å². The Labute approximate surface area is 120 Å². The topological polar surface area (TPSA) is 190 Å². The number of aromatic nitrogens is 2. The molecule has 0 aliphatic carbocycles. The van der Waals surface area contributed by atoms with Crippen molar-refractivity contribution < 1.29 is 25.3 Å². The van der Waals surface area contributed by atoms with Gasteiger partial charge in [0.25, 0.3) is 0 Å². The lowest BCUT2D eigenvalue weighted by Gasteiger charge is -2.20. The summed E-state index contributed by atoms with van der Waals surface area (Å²) in [6, 6.07) is 0. The maximum absolute atomic E-state index is 11.3. The average molecular weight is 323 g/mol. The third kappa shape index (κ3) is 4.37. The Morgan fingerprint density at radius 3 is 2.33 bits per heavy atom. The van der Waals surface area contributed by atoms with E-state index in [1.54, 1.807) is 4.98 Å². The van der Waals surface area contributed by atoms with Gasteiger partial charge in [0.15, 0.2) is 5.03 Å². The van der Waals surface area contributed by atoms with E-state index in [-0.39, 0.29) is 5.75 Å². The number of aliphatic hydroxyl groups is 4. The zero-order valence-electron chi connectivity index (χ0n) is 10.4. The first kappa shape index (κ1) is 17.3. The summed E-state index contributed by atoms with van der Waals surface area (Å²) in [7, 11) is 0. The number of aliphatic hydroxyl groups excluding tert-OH is 4. The molecule has 0 saturated heterocycles. The lowest BCUT2D eigenvalue weighted by atomic mass is 10.1. The predicted octanol–water partition coefficient (Wildman–Crippen LogP) is -2.86. The van der Waals surface area contributed by atoms with E-state index >= 15 is 0 Å². The summed E-state index contributed by atoms with van der Waals surface area (Å²) in [6.45, 7) is -0.787. The van der Waals surface area contributed by atoms with E-state index < -0.39 is 51.8 Å². The number of nitrogens with zero attached hydrogens (tertiary/aromatic N) is 1. The van der Waals surface area contributed by atoms with Gasteiger partial charge in [0.1, 0.15) is 12.2 Å². The van der Waals surface area contributed by atoms with E-state index in [1.807, 2.05) is 4.98 Å². The predicted molar refractivity (Wildman–Crippen MR) is 70.2 cm³/mol. The number of thioether (sulfide) groups is 1. The number of hydrogen-bond donors (Lipinski definition) is 6. The smallest absolute Gasteiger partial charge is 0.363 e. The Morgan fingerprint density at radius 2 is 1.81 bits per heavy atom. The van der Waals surface area contributed by atoms with Crippen molar-refractivity contribution in [2.45, 2.75) is 23.3 Å². The molecule has 0 aliphatic rings. The van der Waals surface area contributed by atoms with E-state index in [9.17, 15) is 29.9 Å². The fraction of sp³-hybridized carbons (Fsp3) is 0.556. The van der Waals surface area contributed by atoms with E-state index in [1.165, 1.54) is 0 Å². The molecule has 1 aromatic heterocycles. The van der Waals surface area contributed by atoms with Gasteiger partial charge in [-0.2, -0.15) is 0 Å². The van der Waals surface area contributed by atoms with Crippen LogP contribution in [-0.2, 0) is 0 Å². The number of hydrogen-bond acceptors (Lipinski definition) is 9. The maximum Gasteiger partial charge on any atom is 0.363 e. The van der Waals surface area contributed by atoms with Crippen LogP contribution in [0.4, 0.5) is 5.69 Å². The molecule has 1 aromatic rings. The SMILES string of the molecule is O=c1[nH]c(SC[C@H](O)[C@H](O)[C@H](O)CO)c([N+](=O)[O-])c(=O)[nH]1. The number of nitro groups is 1. The molecule has 0 unspecified atom stereocenters. The highest BCUT2D eigenvalue weighted by atomic mass is 32.2. The van der Waals surface area contributed by atoms with Crippen molar-refractivity contribution in [1.29, 1.82) is 0 Å². The molecule has 118 valence electrons. The Morgan fingerprint density at radius 1 is 1.19 bits per heavy atom. The van der Waals surface area contributed by atoms with Crippen molar-refractivity contribution in [3.05, 3.63) is 31.0 Å². The van der Waals surface area contributed by atoms with E-state index in [0.29, 0.717) is 11.8 Å². The third-order valence-corrected chi connectivity index (χ3v) is 3.53. The lowest BCUT2D eigenvalue weighted by molar-refractivity contribution is -0.389. The number of aromatic amines is 2. The molecule has 0 bridgehead atoms. The Kier molecular flexibility index (Phi) is 6.04. The monoisotopic (exact) mass is 323 g/mol. The van der Waals surface area contributed by atoms with Gasteiger partial charge in [0.2, 0.25) is 0 Å². The van der Waals surface area contributed by atoms with Gasteiger partial charge >= 0.3 is 16.9 Å². The molecule has 0 amide bonds. The zero-order valence-corrected chi connectivity index (χ0v) is 11.2. The summed E-state index contributed by atoms with van der Waals surface area (Å²) in [5.41, 5.74) is -3.06. The number of H-pyrrole nitrogens is 2. The van der Waals surface area contributed by atoms with Crippen LogP contribution >= 0.6 is 11.8 Å². The molecular weight excluding hydrogens is 310 g/mol. The Bertz CT molecular complexity index is 614. The molecule has 0 spiro atoms. The van der Waals surface area contributed by atoms with Crippen molar-refractivity contribution in [1.82, 2.24) is 9.97 Å². The molecule has 3 atom stereocenters. The standard InChI is InChI=1S/C9H13N3O8S/c13-1-3(14)6(16)4(15)2-21-8-5(12(19)20)7(17)10-9(18)11-8/h3-4,6,13-16H,1-2H2,(H2,10,11,17,18)/t3-,4+,6-/m1/s1. The summed E-state index contributed by atoms with van der Waals surface area (Å²) in [5.74, 6) is -0.363. The summed E-state index contributed by atoms with van der Waals surface area (Å²) in [5, 5.41) is 47.1. The highest BCUT2D eigenvalue weighted by Crippen LogP contribution is 2.23. The van der Waals surface area contributed by atoms with Gasteiger partial charge in [0.05, 0.1) is 17.6 Å². The molecule has 0 aliphatic heterocycles. The van der Waals surface area contributed by atoms with Crippen molar-refractivity contribution in [2.24, 2.45) is 0 Å². The number of nitrogens with one attached hydrogen (secondary N) is 2. The highest BCUT2D eigenvalue weighted by molar-refractivity contribution is 7.99. The highest BCUT2D eigenvalue weighted by Gasteiger charge is 2.27.